The van der Waals surface area contributed by atoms with E-state index in [9.17, 15) is 0 Å². The van der Waals surface area contributed by atoms with Crippen molar-refractivity contribution in [2.75, 3.05) is 6.54 Å². The van der Waals surface area contributed by atoms with Crippen LogP contribution in [0.2, 0.25) is 0 Å². The molecule has 3 rings (SSSR count). The highest BCUT2D eigenvalue weighted by Gasteiger charge is 2.30. The lowest BCUT2D eigenvalue weighted by Crippen LogP contribution is -2.33. The van der Waals surface area contributed by atoms with Gasteiger partial charge in [0.1, 0.15) is 5.76 Å². The number of rotatable bonds is 6. The van der Waals surface area contributed by atoms with E-state index in [4.69, 9.17) is 10.2 Å². The summed E-state index contributed by atoms with van der Waals surface area (Å²) < 4.78 is 5.43. The fraction of sp³-hybridized carbons (Fsp3) is 0.429. The van der Waals surface area contributed by atoms with Gasteiger partial charge in [0.2, 0.25) is 0 Å². The standard InChI is InChI=1S/C14H18N2OS/c15-13(14-4-2-8-18-14)10-16(11-5-6-11)9-12-3-1-7-17-12/h1-4,7-8,11,13H,5-6,9-10,15H2. The van der Waals surface area contributed by atoms with Crippen molar-refractivity contribution in [1.82, 2.24) is 4.90 Å². The zero-order valence-electron chi connectivity index (χ0n) is 10.3. The first-order chi connectivity index (χ1) is 8.83. The molecule has 0 radical (unpaired) electrons. The molecule has 0 bridgehead atoms. The van der Waals surface area contributed by atoms with Crippen molar-refractivity contribution in [1.29, 1.82) is 0 Å². The normalized spacial score (nSPS) is 17.2. The predicted octanol–water partition coefficient (Wildman–Crippen LogP) is 3.01. The van der Waals surface area contributed by atoms with Crippen LogP contribution >= 0.6 is 11.3 Å². The maximum absolute atomic E-state index is 6.27. The van der Waals surface area contributed by atoms with Gasteiger partial charge in [0.05, 0.1) is 18.8 Å². The molecular weight excluding hydrogens is 244 g/mol. The van der Waals surface area contributed by atoms with Crippen molar-refractivity contribution < 1.29 is 4.42 Å². The maximum Gasteiger partial charge on any atom is 0.117 e. The summed E-state index contributed by atoms with van der Waals surface area (Å²) in [4.78, 5) is 3.71. The van der Waals surface area contributed by atoms with Gasteiger partial charge in [-0.3, -0.25) is 4.90 Å². The number of hydrogen-bond donors (Lipinski definition) is 1. The average molecular weight is 262 g/mol. The maximum atomic E-state index is 6.27. The van der Waals surface area contributed by atoms with Crippen LogP contribution in [0.4, 0.5) is 0 Å². The Hall–Kier alpha value is -1.10. The fourth-order valence-corrected chi connectivity index (χ4v) is 2.95. The van der Waals surface area contributed by atoms with E-state index in [1.165, 1.54) is 17.7 Å². The molecule has 1 unspecified atom stereocenters. The molecule has 0 amide bonds. The van der Waals surface area contributed by atoms with Crippen molar-refractivity contribution in [3.63, 3.8) is 0 Å². The lowest BCUT2D eigenvalue weighted by molar-refractivity contribution is 0.221. The van der Waals surface area contributed by atoms with Gasteiger partial charge in [-0.1, -0.05) is 6.07 Å². The van der Waals surface area contributed by atoms with E-state index in [0.717, 1.165) is 18.8 Å². The molecule has 1 saturated carbocycles. The van der Waals surface area contributed by atoms with Crippen LogP contribution in [0.1, 0.15) is 29.5 Å². The Balaban J connectivity index is 1.63. The summed E-state index contributed by atoms with van der Waals surface area (Å²) in [5.41, 5.74) is 6.27. The Labute approximate surface area is 111 Å². The molecule has 2 aromatic rings. The summed E-state index contributed by atoms with van der Waals surface area (Å²) in [6, 6.07) is 8.97. The number of furan rings is 1. The number of hydrogen-bond acceptors (Lipinski definition) is 4. The van der Waals surface area contributed by atoms with Crippen molar-refractivity contribution in [3.8, 4) is 0 Å². The minimum Gasteiger partial charge on any atom is -0.468 e. The summed E-state index contributed by atoms with van der Waals surface area (Å²) in [7, 11) is 0. The van der Waals surface area contributed by atoms with E-state index in [1.54, 1.807) is 17.6 Å². The van der Waals surface area contributed by atoms with E-state index < -0.39 is 0 Å². The molecule has 2 heterocycles. The van der Waals surface area contributed by atoms with Gasteiger partial charge in [0.25, 0.3) is 0 Å². The molecule has 18 heavy (non-hydrogen) atoms. The monoisotopic (exact) mass is 262 g/mol. The first-order valence-electron chi connectivity index (χ1n) is 6.38. The van der Waals surface area contributed by atoms with Crippen LogP contribution in [-0.2, 0) is 6.54 Å². The van der Waals surface area contributed by atoms with Crippen LogP contribution in [-0.4, -0.2) is 17.5 Å². The van der Waals surface area contributed by atoms with Crippen LogP contribution in [0.15, 0.2) is 40.3 Å². The second-order valence-corrected chi connectivity index (χ2v) is 5.84. The van der Waals surface area contributed by atoms with Crippen LogP contribution < -0.4 is 5.73 Å². The summed E-state index contributed by atoms with van der Waals surface area (Å²) in [5, 5.41) is 2.09. The number of nitrogens with zero attached hydrogens (tertiary/aromatic N) is 1. The van der Waals surface area contributed by atoms with E-state index in [1.807, 2.05) is 12.1 Å². The third-order valence-corrected chi connectivity index (χ3v) is 4.35. The van der Waals surface area contributed by atoms with E-state index in [-0.39, 0.29) is 6.04 Å². The average Bonchev–Trinajstić information content (AvgIpc) is 2.88. The highest BCUT2D eigenvalue weighted by molar-refractivity contribution is 7.10. The molecule has 0 aliphatic heterocycles. The van der Waals surface area contributed by atoms with Gasteiger partial charge in [0, 0.05) is 17.5 Å². The van der Waals surface area contributed by atoms with Gasteiger partial charge in [-0.05, 0) is 36.4 Å². The molecule has 2 N–H and O–H groups in total. The largest absolute Gasteiger partial charge is 0.468 e. The van der Waals surface area contributed by atoms with Gasteiger partial charge in [0.15, 0.2) is 0 Å². The van der Waals surface area contributed by atoms with Gasteiger partial charge in [-0.25, -0.2) is 0 Å². The van der Waals surface area contributed by atoms with Crippen LogP contribution in [0.25, 0.3) is 0 Å². The quantitative estimate of drug-likeness (QED) is 0.870. The van der Waals surface area contributed by atoms with E-state index in [2.05, 4.69) is 22.4 Å². The summed E-state index contributed by atoms with van der Waals surface area (Å²) >= 11 is 1.74. The minimum absolute atomic E-state index is 0.112. The summed E-state index contributed by atoms with van der Waals surface area (Å²) in [5.74, 6) is 1.03. The smallest absolute Gasteiger partial charge is 0.117 e. The molecule has 1 aliphatic rings. The Morgan fingerprint density at radius 1 is 1.39 bits per heavy atom. The number of thiophene rings is 1. The van der Waals surface area contributed by atoms with Crippen LogP contribution in [0.5, 0.6) is 0 Å². The highest BCUT2D eigenvalue weighted by atomic mass is 32.1. The van der Waals surface area contributed by atoms with Crippen molar-refractivity contribution in [2.24, 2.45) is 5.73 Å². The zero-order valence-corrected chi connectivity index (χ0v) is 11.1. The molecule has 96 valence electrons. The molecule has 1 aliphatic carbocycles. The van der Waals surface area contributed by atoms with Gasteiger partial charge >= 0.3 is 0 Å². The SMILES string of the molecule is NC(CN(Cc1ccco1)C1CC1)c1cccs1. The highest BCUT2D eigenvalue weighted by Crippen LogP contribution is 2.30. The second kappa shape index (κ2) is 5.26. The van der Waals surface area contributed by atoms with Crippen molar-refractivity contribution in [2.45, 2.75) is 31.5 Å². The minimum atomic E-state index is 0.112. The molecule has 4 heteroatoms. The van der Waals surface area contributed by atoms with Gasteiger partial charge in [-0.15, -0.1) is 11.3 Å². The Morgan fingerprint density at radius 3 is 2.89 bits per heavy atom. The van der Waals surface area contributed by atoms with E-state index in [0.29, 0.717) is 6.04 Å². The third-order valence-electron chi connectivity index (χ3n) is 3.34. The predicted molar refractivity (Wildman–Crippen MR) is 73.4 cm³/mol. The third kappa shape index (κ3) is 2.83. The zero-order chi connectivity index (χ0) is 12.4. The Morgan fingerprint density at radius 2 is 2.28 bits per heavy atom. The summed E-state index contributed by atoms with van der Waals surface area (Å²) in [6.45, 7) is 1.78. The van der Waals surface area contributed by atoms with Crippen molar-refractivity contribution >= 4 is 11.3 Å². The molecule has 0 saturated heterocycles. The topological polar surface area (TPSA) is 42.4 Å². The molecule has 0 spiro atoms. The lowest BCUT2D eigenvalue weighted by Gasteiger charge is -2.24. The van der Waals surface area contributed by atoms with Gasteiger partial charge in [-0.2, -0.15) is 0 Å². The molecule has 1 atom stereocenters. The van der Waals surface area contributed by atoms with Gasteiger partial charge < -0.3 is 10.2 Å². The Bertz CT molecular complexity index is 462. The summed E-state index contributed by atoms with van der Waals surface area (Å²) in [6.07, 6.45) is 4.31. The van der Waals surface area contributed by atoms with Crippen molar-refractivity contribution in [3.05, 3.63) is 46.5 Å². The molecule has 1 fully saturated rings. The van der Waals surface area contributed by atoms with Crippen LogP contribution in [0, 0.1) is 0 Å². The lowest BCUT2D eigenvalue weighted by atomic mass is 10.2. The second-order valence-electron chi connectivity index (χ2n) is 4.86. The Kier molecular flexibility index (Phi) is 3.50. The molecular formula is C14H18N2OS. The molecule has 0 aromatic carbocycles. The molecule has 3 nitrogen and oxygen atoms in total. The first kappa shape index (κ1) is 12.0. The first-order valence-corrected chi connectivity index (χ1v) is 7.26. The number of nitrogens with two attached hydrogens (primary N) is 1. The molecule has 2 aromatic heterocycles. The fourth-order valence-electron chi connectivity index (χ4n) is 2.23. The van der Waals surface area contributed by atoms with Crippen LogP contribution in [0.3, 0.4) is 0 Å². The van der Waals surface area contributed by atoms with E-state index >= 15 is 0 Å².